The van der Waals surface area contributed by atoms with Crippen molar-refractivity contribution in [3.63, 3.8) is 0 Å². The van der Waals surface area contributed by atoms with E-state index in [0.29, 0.717) is 0 Å². The number of nitrogens with one attached hydrogen (secondary N) is 1. The number of H-pyrrole nitrogens is 1. The second-order valence-electron chi connectivity index (χ2n) is 4.78. The molecule has 2 heteroatoms. The van der Waals surface area contributed by atoms with Crippen molar-refractivity contribution in [2.45, 2.75) is 25.7 Å². The molecule has 0 amide bonds. The highest BCUT2D eigenvalue weighted by Gasteiger charge is 2.37. The first-order valence-corrected chi connectivity index (χ1v) is 5.79. The SMILES string of the molecule is N#CC1(Cc2c[nH]c3ccccc23)CCC1. The summed E-state index contributed by atoms with van der Waals surface area (Å²) in [4.78, 5) is 3.27. The van der Waals surface area contributed by atoms with Crippen LogP contribution in [-0.4, -0.2) is 4.98 Å². The Bertz CT molecular complexity index is 555. The predicted octanol–water partition coefficient (Wildman–Crippen LogP) is 3.40. The van der Waals surface area contributed by atoms with Gasteiger partial charge in [0.05, 0.1) is 11.5 Å². The van der Waals surface area contributed by atoms with Crippen molar-refractivity contribution >= 4 is 10.9 Å². The van der Waals surface area contributed by atoms with E-state index in [1.54, 1.807) is 0 Å². The Hall–Kier alpha value is -1.75. The third-order valence-electron chi connectivity index (χ3n) is 3.75. The summed E-state index contributed by atoms with van der Waals surface area (Å²) in [5.41, 5.74) is 2.38. The Labute approximate surface area is 94.9 Å². The molecule has 0 bridgehead atoms. The Morgan fingerprint density at radius 3 is 2.81 bits per heavy atom. The van der Waals surface area contributed by atoms with Gasteiger partial charge in [-0.2, -0.15) is 5.26 Å². The highest BCUT2D eigenvalue weighted by atomic mass is 14.7. The second-order valence-corrected chi connectivity index (χ2v) is 4.78. The molecule has 1 saturated carbocycles. The third kappa shape index (κ3) is 1.32. The molecule has 2 nitrogen and oxygen atoms in total. The van der Waals surface area contributed by atoms with Crippen LogP contribution in [0.1, 0.15) is 24.8 Å². The summed E-state index contributed by atoms with van der Waals surface area (Å²) < 4.78 is 0. The van der Waals surface area contributed by atoms with Crippen molar-refractivity contribution in [3.05, 3.63) is 36.0 Å². The van der Waals surface area contributed by atoms with Gasteiger partial charge in [0.25, 0.3) is 0 Å². The topological polar surface area (TPSA) is 39.6 Å². The number of hydrogen-bond donors (Lipinski definition) is 1. The van der Waals surface area contributed by atoms with Crippen molar-refractivity contribution in [2.75, 3.05) is 0 Å². The molecule has 0 unspecified atom stereocenters. The summed E-state index contributed by atoms with van der Waals surface area (Å²) >= 11 is 0. The first kappa shape index (κ1) is 9.47. The zero-order valence-corrected chi connectivity index (χ0v) is 9.16. The van der Waals surface area contributed by atoms with Gasteiger partial charge in [0, 0.05) is 17.1 Å². The minimum Gasteiger partial charge on any atom is -0.361 e. The van der Waals surface area contributed by atoms with Crippen LogP contribution in [0.5, 0.6) is 0 Å². The summed E-state index contributed by atoms with van der Waals surface area (Å²) in [6.07, 6.45) is 6.28. The standard InChI is InChI=1S/C14H14N2/c15-10-14(6-3-7-14)8-11-9-16-13-5-2-1-4-12(11)13/h1-2,4-5,9,16H,3,6-8H2. The maximum absolute atomic E-state index is 9.25. The van der Waals surface area contributed by atoms with Crippen LogP contribution in [-0.2, 0) is 6.42 Å². The lowest BCUT2D eigenvalue weighted by Crippen LogP contribution is -2.29. The lowest BCUT2D eigenvalue weighted by atomic mass is 9.66. The van der Waals surface area contributed by atoms with E-state index in [2.05, 4.69) is 35.4 Å². The van der Waals surface area contributed by atoms with Crippen molar-refractivity contribution in [2.24, 2.45) is 5.41 Å². The van der Waals surface area contributed by atoms with Gasteiger partial charge in [-0.05, 0) is 30.9 Å². The number of nitriles is 1. The summed E-state index contributed by atoms with van der Waals surface area (Å²) in [6, 6.07) is 10.8. The molecule has 1 fully saturated rings. The fourth-order valence-corrected chi connectivity index (χ4v) is 2.57. The maximum Gasteiger partial charge on any atom is 0.0693 e. The van der Waals surface area contributed by atoms with Crippen molar-refractivity contribution in [1.29, 1.82) is 5.26 Å². The van der Waals surface area contributed by atoms with Gasteiger partial charge in [-0.3, -0.25) is 0 Å². The van der Waals surface area contributed by atoms with Crippen LogP contribution in [0.4, 0.5) is 0 Å². The molecular formula is C14H14N2. The van der Waals surface area contributed by atoms with Crippen LogP contribution >= 0.6 is 0 Å². The molecular weight excluding hydrogens is 196 g/mol. The molecule has 3 rings (SSSR count). The Kier molecular flexibility index (Phi) is 2.00. The van der Waals surface area contributed by atoms with E-state index in [9.17, 15) is 5.26 Å². The summed E-state index contributed by atoms with van der Waals surface area (Å²) in [6.45, 7) is 0. The van der Waals surface area contributed by atoms with Gasteiger partial charge < -0.3 is 4.98 Å². The zero-order valence-electron chi connectivity index (χ0n) is 9.16. The molecule has 1 aliphatic carbocycles. The summed E-state index contributed by atoms with van der Waals surface area (Å²) in [5.74, 6) is 0. The van der Waals surface area contributed by atoms with E-state index in [-0.39, 0.29) is 5.41 Å². The smallest absolute Gasteiger partial charge is 0.0693 e. The van der Waals surface area contributed by atoms with Crippen LogP contribution in [0.2, 0.25) is 0 Å². The van der Waals surface area contributed by atoms with Crippen LogP contribution in [0.15, 0.2) is 30.5 Å². The molecule has 2 aromatic rings. The first-order valence-electron chi connectivity index (χ1n) is 5.79. The normalized spacial score (nSPS) is 17.9. The van der Waals surface area contributed by atoms with E-state index >= 15 is 0 Å². The van der Waals surface area contributed by atoms with Gasteiger partial charge in [-0.1, -0.05) is 24.6 Å². The van der Waals surface area contributed by atoms with Gasteiger partial charge >= 0.3 is 0 Å². The van der Waals surface area contributed by atoms with Gasteiger partial charge in [0.15, 0.2) is 0 Å². The highest BCUT2D eigenvalue weighted by Crippen LogP contribution is 2.43. The lowest BCUT2D eigenvalue weighted by molar-refractivity contribution is 0.214. The second kappa shape index (κ2) is 3.38. The minimum absolute atomic E-state index is 0.0784. The molecule has 0 radical (unpaired) electrons. The first-order chi connectivity index (χ1) is 7.83. The van der Waals surface area contributed by atoms with Crippen LogP contribution in [0.25, 0.3) is 10.9 Å². The third-order valence-corrected chi connectivity index (χ3v) is 3.75. The molecule has 0 atom stereocenters. The fraction of sp³-hybridized carbons (Fsp3) is 0.357. The molecule has 1 N–H and O–H groups in total. The minimum atomic E-state index is -0.0784. The monoisotopic (exact) mass is 210 g/mol. The molecule has 0 spiro atoms. The van der Waals surface area contributed by atoms with E-state index in [0.717, 1.165) is 19.3 Å². The number of benzene rings is 1. The van der Waals surface area contributed by atoms with Gasteiger partial charge in [0.1, 0.15) is 0 Å². The van der Waals surface area contributed by atoms with Crippen LogP contribution in [0, 0.1) is 16.7 Å². The number of nitrogens with zero attached hydrogens (tertiary/aromatic N) is 1. The number of fused-ring (bicyclic) bond motifs is 1. The molecule has 1 aliphatic rings. The van der Waals surface area contributed by atoms with E-state index in [4.69, 9.17) is 0 Å². The Balaban J connectivity index is 1.98. The van der Waals surface area contributed by atoms with Gasteiger partial charge in [0.2, 0.25) is 0 Å². The van der Waals surface area contributed by atoms with Gasteiger partial charge in [-0.15, -0.1) is 0 Å². The molecule has 0 saturated heterocycles. The molecule has 1 heterocycles. The maximum atomic E-state index is 9.25. The van der Waals surface area contributed by atoms with Crippen molar-refractivity contribution in [1.82, 2.24) is 4.98 Å². The quantitative estimate of drug-likeness (QED) is 0.810. The zero-order chi connectivity index (χ0) is 11.0. The fourth-order valence-electron chi connectivity index (χ4n) is 2.57. The number of hydrogen-bond acceptors (Lipinski definition) is 1. The highest BCUT2D eigenvalue weighted by molar-refractivity contribution is 5.83. The van der Waals surface area contributed by atoms with E-state index in [1.807, 2.05) is 6.07 Å². The van der Waals surface area contributed by atoms with Crippen LogP contribution < -0.4 is 0 Å². The lowest BCUT2D eigenvalue weighted by Gasteiger charge is -2.35. The van der Waals surface area contributed by atoms with Crippen molar-refractivity contribution in [3.8, 4) is 6.07 Å². The van der Waals surface area contributed by atoms with E-state index < -0.39 is 0 Å². The van der Waals surface area contributed by atoms with Crippen molar-refractivity contribution < 1.29 is 0 Å². The molecule has 0 aliphatic heterocycles. The summed E-state index contributed by atoms with van der Waals surface area (Å²) in [7, 11) is 0. The van der Waals surface area contributed by atoms with Crippen LogP contribution in [0.3, 0.4) is 0 Å². The molecule has 16 heavy (non-hydrogen) atoms. The molecule has 1 aromatic carbocycles. The van der Waals surface area contributed by atoms with E-state index in [1.165, 1.54) is 22.9 Å². The average Bonchev–Trinajstić information content (AvgIpc) is 2.67. The predicted molar refractivity (Wildman–Crippen MR) is 63.9 cm³/mol. The summed E-state index contributed by atoms with van der Waals surface area (Å²) in [5, 5.41) is 10.5. The number of aromatic amines is 1. The number of aromatic nitrogens is 1. The van der Waals surface area contributed by atoms with Gasteiger partial charge in [-0.25, -0.2) is 0 Å². The Morgan fingerprint density at radius 2 is 2.12 bits per heavy atom. The Morgan fingerprint density at radius 1 is 1.31 bits per heavy atom. The molecule has 80 valence electrons. The number of rotatable bonds is 2. The average molecular weight is 210 g/mol. The molecule has 1 aromatic heterocycles. The largest absolute Gasteiger partial charge is 0.361 e. The number of para-hydroxylation sites is 1.